The Kier molecular flexibility index (Phi) is 4.23. The van der Waals surface area contributed by atoms with Crippen LogP contribution in [0.15, 0.2) is 30.7 Å². The molecule has 0 saturated heterocycles. The molecule has 2 nitrogen and oxygen atoms in total. The molecule has 0 aliphatic heterocycles. The molecule has 0 fully saturated rings. The smallest absolute Gasteiger partial charge is 0.147 e. The maximum Gasteiger partial charge on any atom is 0.147 e. The van der Waals surface area contributed by atoms with Crippen molar-refractivity contribution in [2.75, 3.05) is 0 Å². The number of aromatic nitrogens is 2. The summed E-state index contributed by atoms with van der Waals surface area (Å²) >= 11 is 0. The van der Waals surface area contributed by atoms with Crippen molar-refractivity contribution in [1.29, 1.82) is 0 Å². The molecule has 0 radical (unpaired) electrons. The van der Waals surface area contributed by atoms with Crippen LogP contribution in [0.25, 0.3) is 5.69 Å². The maximum absolute atomic E-state index is 13.5. The van der Waals surface area contributed by atoms with Crippen LogP contribution >= 0.6 is 0 Å². The van der Waals surface area contributed by atoms with Crippen LogP contribution in [0.4, 0.5) is 4.39 Å². The van der Waals surface area contributed by atoms with E-state index in [9.17, 15) is 4.39 Å². The highest BCUT2D eigenvalue weighted by atomic mass is 19.1. The standard InChI is InChI=1S/C11H11FN2.C2H6/c1-8-3-4-11(10(12)5-8)14-6-9(2)13-7-14;1-2/h3-7H,1-2H3;1-2H3. The molecule has 86 valence electrons. The van der Waals surface area contributed by atoms with Gasteiger partial charge in [0.15, 0.2) is 0 Å². The van der Waals surface area contributed by atoms with Crippen molar-refractivity contribution in [2.45, 2.75) is 27.7 Å². The second-order valence-electron chi connectivity index (χ2n) is 3.38. The van der Waals surface area contributed by atoms with Crippen LogP contribution in [0, 0.1) is 19.7 Å². The summed E-state index contributed by atoms with van der Waals surface area (Å²) in [7, 11) is 0. The fraction of sp³-hybridized carbons (Fsp3) is 0.308. The third-order valence-electron chi connectivity index (χ3n) is 2.09. The summed E-state index contributed by atoms with van der Waals surface area (Å²) in [6.45, 7) is 7.74. The van der Waals surface area contributed by atoms with Gasteiger partial charge in [-0.05, 0) is 31.5 Å². The van der Waals surface area contributed by atoms with Gasteiger partial charge in [0.2, 0.25) is 0 Å². The van der Waals surface area contributed by atoms with Crippen molar-refractivity contribution in [3.8, 4) is 5.69 Å². The summed E-state index contributed by atoms with van der Waals surface area (Å²) in [5.74, 6) is -0.220. The SMILES string of the molecule is CC.Cc1ccc(-n2cnc(C)c2)c(F)c1. The van der Waals surface area contributed by atoms with Gasteiger partial charge in [-0.3, -0.25) is 0 Å². The van der Waals surface area contributed by atoms with E-state index in [0.29, 0.717) is 5.69 Å². The minimum atomic E-state index is -0.220. The number of imidazole rings is 1. The number of benzene rings is 1. The summed E-state index contributed by atoms with van der Waals surface area (Å²) in [4.78, 5) is 4.05. The molecular formula is C13H17FN2. The number of halogens is 1. The lowest BCUT2D eigenvalue weighted by atomic mass is 10.2. The highest BCUT2D eigenvalue weighted by Crippen LogP contribution is 2.14. The van der Waals surface area contributed by atoms with Gasteiger partial charge in [-0.2, -0.15) is 0 Å². The van der Waals surface area contributed by atoms with Crippen molar-refractivity contribution in [3.63, 3.8) is 0 Å². The summed E-state index contributed by atoms with van der Waals surface area (Å²) in [6, 6.07) is 5.16. The summed E-state index contributed by atoms with van der Waals surface area (Å²) in [6.07, 6.45) is 3.41. The molecular weight excluding hydrogens is 203 g/mol. The zero-order valence-corrected chi connectivity index (χ0v) is 10.2. The van der Waals surface area contributed by atoms with E-state index in [-0.39, 0.29) is 5.82 Å². The first-order chi connectivity index (χ1) is 7.66. The minimum Gasteiger partial charge on any atom is -0.303 e. The quantitative estimate of drug-likeness (QED) is 0.717. The predicted molar refractivity (Wildman–Crippen MR) is 64.3 cm³/mol. The van der Waals surface area contributed by atoms with Crippen LogP contribution in [-0.2, 0) is 0 Å². The van der Waals surface area contributed by atoms with Gasteiger partial charge in [0.25, 0.3) is 0 Å². The van der Waals surface area contributed by atoms with E-state index >= 15 is 0 Å². The number of rotatable bonds is 1. The summed E-state index contributed by atoms with van der Waals surface area (Å²) in [5.41, 5.74) is 2.34. The fourth-order valence-corrected chi connectivity index (χ4v) is 1.37. The average molecular weight is 220 g/mol. The van der Waals surface area contributed by atoms with Gasteiger partial charge in [-0.25, -0.2) is 9.37 Å². The second kappa shape index (κ2) is 5.45. The Hall–Kier alpha value is -1.64. The van der Waals surface area contributed by atoms with E-state index in [1.807, 2.05) is 33.8 Å². The Morgan fingerprint density at radius 3 is 2.38 bits per heavy atom. The van der Waals surface area contributed by atoms with Crippen LogP contribution < -0.4 is 0 Å². The molecule has 0 unspecified atom stereocenters. The molecule has 2 rings (SSSR count). The van der Waals surface area contributed by atoms with Crippen LogP contribution in [0.1, 0.15) is 25.1 Å². The average Bonchev–Trinajstić information content (AvgIpc) is 2.68. The van der Waals surface area contributed by atoms with Crippen molar-refractivity contribution in [2.24, 2.45) is 0 Å². The van der Waals surface area contributed by atoms with Crippen LogP contribution in [0.2, 0.25) is 0 Å². The first-order valence-corrected chi connectivity index (χ1v) is 5.44. The molecule has 1 heterocycles. The number of nitrogens with zero attached hydrogens (tertiary/aromatic N) is 2. The lowest BCUT2D eigenvalue weighted by Gasteiger charge is -2.03. The van der Waals surface area contributed by atoms with Gasteiger partial charge in [0, 0.05) is 6.20 Å². The molecule has 1 aromatic carbocycles. The Morgan fingerprint density at radius 2 is 1.88 bits per heavy atom. The molecule has 3 heteroatoms. The first kappa shape index (κ1) is 12.4. The van der Waals surface area contributed by atoms with E-state index in [1.165, 1.54) is 6.07 Å². The molecule has 0 amide bonds. The predicted octanol–water partition coefficient (Wildman–Crippen LogP) is 3.65. The second-order valence-corrected chi connectivity index (χ2v) is 3.38. The summed E-state index contributed by atoms with van der Waals surface area (Å²) in [5, 5.41) is 0. The molecule has 0 aliphatic carbocycles. The van der Waals surface area contributed by atoms with Crippen molar-refractivity contribution in [3.05, 3.63) is 47.8 Å². The Balaban J connectivity index is 0.000000606. The van der Waals surface area contributed by atoms with Gasteiger partial charge < -0.3 is 4.57 Å². The summed E-state index contributed by atoms with van der Waals surface area (Å²) < 4.78 is 15.2. The molecule has 1 aromatic heterocycles. The van der Waals surface area contributed by atoms with Crippen molar-refractivity contribution < 1.29 is 4.39 Å². The molecule has 0 aliphatic rings. The third-order valence-corrected chi connectivity index (χ3v) is 2.09. The largest absolute Gasteiger partial charge is 0.303 e. The van der Waals surface area contributed by atoms with E-state index in [4.69, 9.17) is 0 Å². The Labute approximate surface area is 95.8 Å². The highest BCUT2D eigenvalue weighted by Gasteiger charge is 2.04. The molecule has 0 saturated carbocycles. The molecule has 0 spiro atoms. The lowest BCUT2D eigenvalue weighted by molar-refractivity contribution is 0.617. The Morgan fingerprint density at radius 1 is 1.19 bits per heavy atom. The van der Waals surface area contributed by atoms with Gasteiger partial charge in [0.1, 0.15) is 5.82 Å². The molecule has 2 aromatic rings. The lowest BCUT2D eigenvalue weighted by Crippen LogP contribution is -1.94. The topological polar surface area (TPSA) is 17.8 Å². The minimum absolute atomic E-state index is 0.220. The molecule has 0 atom stereocenters. The highest BCUT2D eigenvalue weighted by molar-refractivity contribution is 5.36. The van der Waals surface area contributed by atoms with Crippen LogP contribution in [-0.4, -0.2) is 9.55 Å². The van der Waals surface area contributed by atoms with Gasteiger partial charge >= 0.3 is 0 Å². The van der Waals surface area contributed by atoms with Crippen LogP contribution in [0.5, 0.6) is 0 Å². The zero-order valence-electron chi connectivity index (χ0n) is 10.2. The van der Waals surface area contributed by atoms with E-state index in [2.05, 4.69) is 4.98 Å². The maximum atomic E-state index is 13.5. The van der Waals surface area contributed by atoms with Gasteiger partial charge in [-0.1, -0.05) is 19.9 Å². The molecule has 0 bridgehead atoms. The number of aryl methyl sites for hydroxylation is 2. The number of hydrogen-bond donors (Lipinski definition) is 0. The molecule has 16 heavy (non-hydrogen) atoms. The number of hydrogen-bond acceptors (Lipinski definition) is 1. The third kappa shape index (κ3) is 2.69. The van der Waals surface area contributed by atoms with Crippen LogP contribution in [0.3, 0.4) is 0 Å². The van der Waals surface area contributed by atoms with E-state index in [1.54, 1.807) is 23.2 Å². The zero-order chi connectivity index (χ0) is 12.1. The normalized spacial score (nSPS) is 9.56. The first-order valence-electron chi connectivity index (χ1n) is 5.44. The van der Waals surface area contributed by atoms with Crippen molar-refractivity contribution in [1.82, 2.24) is 9.55 Å². The monoisotopic (exact) mass is 220 g/mol. The molecule has 0 N–H and O–H groups in total. The van der Waals surface area contributed by atoms with E-state index in [0.717, 1.165) is 11.3 Å². The van der Waals surface area contributed by atoms with Crippen molar-refractivity contribution >= 4 is 0 Å². The van der Waals surface area contributed by atoms with Gasteiger partial charge in [0.05, 0.1) is 17.7 Å². The fourth-order valence-electron chi connectivity index (χ4n) is 1.37. The van der Waals surface area contributed by atoms with Gasteiger partial charge in [-0.15, -0.1) is 0 Å². The Bertz CT molecular complexity index is 461. The van der Waals surface area contributed by atoms with E-state index < -0.39 is 0 Å².